The van der Waals surface area contributed by atoms with Gasteiger partial charge in [-0.3, -0.25) is 13.9 Å². The first kappa shape index (κ1) is 19.2. The van der Waals surface area contributed by atoms with Crippen LogP contribution in [0.3, 0.4) is 0 Å². The molecule has 6 nitrogen and oxygen atoms in total. The molecule has 0 unspecified atom stereocenters. The van der Waals surface area contributed by atoms with E-state index in [1.54, 1.807) is 6.92 Å². The molecule has 0 bridgehead atoms. The highest BCUT2D eigenvalue weighted by molar-refractivity contribution is 5.77. The second-order valence-electron chi connectivity index (χ2n) is 8.17. The molecule has 1 aromatic carbocycles. The molecule has 152 valence electrons. The fraction of sp³-hybridized carbons (Fsp3) is 0.636. The zero-order chi connectivity index (χ0) is 19.8. The largest absolute Gasteiger partial charge is 0.370 e. The van der Waals surface area contributed by atoms with Crippen LogP contribution >= 0.6 is 0 Å². The SMILES string of the molecule is CCn1c(=O)n(CC)c2cc([C@H]3C[C@@H](NC(C)=O)[C@@H]4CCCC[C@H]4O3)ccc21. The highest BCUT2D eigenvalue weighted by Crippen LogP contribution is 2.41. The third-order valence-electron chi connectivity index (χ3n) is 6.51. The summed E-state index contributed by atoms with van der Waals surface area (Å²) in [5.74, 6) is 0.442. The number of imidazole rings is 1. The molecule has 0 radical (unpaired) electrons. The third kappa shape index (κ3) is 3.28. The molecular weight excluding hydrogens is 354 g/mol. The molecule has 1 amide bonds. The van der Waals surface area contributed by atoms with E-state index in [1.807, 2.05) is 29.0 Å². The van der Waals surface area contributed by atoms with Crippen LogP contribution in [0.15, 0.2) is 23.0 Å². The summed E-state index contributed by atoms with van der Waals surface area (Å²) in [7, 11) is 0. The smallest absolute Gasteiger partial charge is 0.329 e. The summed E-state index contributed by atoms with van der Waals surface area (Å²) in [4.78, 5) is 24.4. The Morgan fingerprint density at radius 1 is 1.14 bits per heavy atom. The van der Waals surface area contributed by atoms with Crippen molar-refractivity contribution in [3.05, 3.63) is 34.2 Å². The molecule has 2 heterocycles. The summed E-state index contributed by atoms with van der Waals surface area (Å²) in [5.41, 5.74) is 3.09. The van der Waals surface area contributed by atoms with Crippen molar-refractivity contribution in [2.24, 2.45) is 5.92 Å². The molecular formula is C22H31N3O3. The average molecular weight is 386 g/mol. The van der Waals surface area contributed by atoms with Gasteiger partial charge < -0.3 is 10.1 Å². The molecule has 2 aromatic rings. The fourth-order valence-corrected chi connectivity index (χ4v) is 5.22. The van der Waals surface area contributed by atoms with Crippen LogP contribution < -0.4 is 11.0 Å². The van der Waals surface area contributed by atoms with Gasteiger partial charge in [-0.25, -0.2) is 4.79 Å². The number of hydrogen-bond acceptors (Lipinski definition) is 3. The molecule has 1 aliphatic heterocycles. The monoisotopic (exact) mass is 385 g/mol. The van der Waals surface area contributed by atoms with Crippen molar-refractivity contribution in [1.29, 1.82) is 0 Å². The highest BCUT2D eigenvalue weighted by atomic mass is 16.5. The maximum absolute atomic E-state index is 12.6. The van der Waals surface area contributed by atoms with Gasteiger partial charge in [0.05, 0.1) is 23.2 Å². The molecule has 28 heavy (non-hydrogen) atoms. The van der Waals surface area contributed by atoms with Crippen LogP contribution in [-0.2, 0) is 22.6 Å². The van der Waals surface area contributed by atoms with Gasteiger partial charge >= 0.3 is 5.69 Å². The van der Waals surface area contributed by atoms with E-state index in [2.05, 4.69) is 17.4 Å². The van der Waals surface area contributed by atoms with Crippen LogP contribution in [0.4, 0.5) is 0 Å². The second-order valence-corrected chi connectivity index (χ2v) is 8.17. The molecule has 1 aromatic heterocycles. The minimum Gasteiger partial charge on any atom is -0.370 e. The molecule has 4 rings (SSSR count). The van der Waals surface area contributed by atoms with Gasteiger partial charge in [0, 0.05) is 32.0 Å². The standard InChI is InChI=1S/C22H31N3O3/c1-4-24-18-11-10-15(12-19(18)25(5-2)22(24)27)21-13-17(23-14(3)26)16-8-6-7-9-20(16)28-21/h10-12,16-17,20-21H,4-9,13H2,1-3H3,(H,23,26)/t16-,17+,20+,21+/m0/s1. The van der Waals surface area contributed by atoms with Crippen LogP contribution in [0, 0.1) is 5.92 Å². The van der Waals surface area contributed by atoms with Gasteiger partial charge in [0.2, 0.25) is 5.91 Å². The lowest BCUT2D eigenvalue weighted by atomic mass is 9.76. The van der Waals surface area contributed by atoms with Crippen LogP contribution in [0.5, 0.6) is 0 Å². The predicted molar refractivity (Wildman–Crippen MR) is 109 cm³/mol. The summed E-state index contributed by atoms with van der Waals surface area (Å²) in [6.45, 7) is 6.92. The van der Waals surface area contributed by atoms with E-state index in [1.165, 1.54) is 12.8 Å². The summed E-state index contributed by atoms with van der Waals surface area (Å²) < 4.78 is 10.2. The van der Waals surface area contributed by atoms with Crippen molar-refractivity contribution in [1.82, 2.24) is 14.5 Å². The van der Waals surface area contributed by atoms with Gasteiger partial charge in [0.15, 0.2) is 0 Å². The average Bonchev–Trinajstić information content (AvgIpc) is 2.97. The van der Waals surface area contributed by atoms with Gasteiger partial charge in [0.25, 0.3) is 0 Å². The molecule has 6 heteroatoms. The molecule has 1 N–H and O–H groups in total. The van der Waals surface area contributed by atoms with Crippen LogP contribution in [0.1, 0.15) is 64.5 Å². The minimum absolute atomic E-state index is 0.0327. The number of nitrogens with one attached hydrogen (secondary N) is 1. The summed E-state index contributed by atoms with van der Waals surface area (Å²) >= 11 is 0. The first-order valence-corrected chi connectivity index (χ1v) is 10.7. The van der Waals surface area contributed by atoms with Crippen molar-refractivity contribution < 1.29 is 9.53 Å². The Morgan fingerprint density at radius 3 is 2.57 bits per heavy atom. The van der Waals surface area contributed by atoms with Crippen LogP contribution in [0.2, 0.25) is 0 Å². The normalized spacial score (nSPS) is 27.5. The zero-order valence-electron chi connectivity index (χ0n) is 17.1. The van der Waals surface area contributed by atoms with Crippen molar-refractivity contribution >= 4 is 16.9 Å². The van der Waals surface area contributed by atoms with Gasteiger partial charge in [0.1, 0.15) is 0 Å². The second kappa shape index (κ2) is 7.74. The number of benzene rings is 1. The Labute approximate surface area is 165 Å². The first-order valence-electron chi connectivity index (χ1n) is 10.7. The molecule has 1 saturated carbocycles. The fourth-order valence-electron chi connectivity index (χ4n) is 5.22. The molecule has 1 saturated heterocycles. The number of rotatable bonds is 4. The maximum atomic E-state index is 12.6. The number of hydrogen-bond donors (Lipinski definition) is 1. The lowest BCUT2D eigenvalue weighted by Crippen LogP contribution is -2.50. The number of fused-ring (bicyclic) bond motifs is 2. The quantitative estimate of drug-likeness (QED) is 0.878. The van der Waals surface area contributed by atoms with E-state index in [-0.39, 0.29) is 29.8 Å². The highest BCUT2D eigenvalue weighted by Gasteiger charge is 2.40. The Morgan fingerprint density at radius 2 is 1.86 bits per heavy atom. The lowest BCUT2D eigenvalue weighted by molar-refractivity contribution is -0.131. The van der Waals surface area contributed by atoms with Crippen LogP contribution in [-0.4, -0.2) is 27.2 Å². The molecule has 1 aliphatic carbocycles. The van der Waals surface area contributed by atoms with Gasteiger partial charge in [-0.2, -0.15) is 0 Å². The maximum Gasteiger partial charge on any atom is 0.329 e. The third-order valence-corrected chi connectivity index (χ3v) is 6.51. The van der Waals surface area contributed by atoms with E-state index in [0.29, 0.717) is 19.0 Å². The Bertz CT molecular complexity index is 929. The van der Waals surface area contributed by atoms with E-state index in [0.717, 1.165) is 35.9 Å². The first-order chi connectivity index (χ1) is 13.5. The summed E-state index contributed by atoms with van der Waals surface area (Å²) in [6, 6.07) is 6.41. The lowest BCUT2D eigenvalue weighted by Gasteiger charge is -2.45. The van der Waals surface area contributed by atoms with E-state index in [9.17, 15) is 9.59 Å². The van der Waals surface area contributed by atoms with Crippen molar-refractivity contribution in [3.63, 3.8) is 0 Å². The van der Waals surface area contributed by atoms with Crippen molar-refractivity contribution in [2.45, 2.75) is 84.2 Å². The van der Waals surface area contributed by atoms with E-state index in [4.69, 9.17) is 4.74 Å². The minimum atomic E-state index is -0.0500. The zero-order valence-corrected chi connectivity index (χ0v) is 17.1. The Hall–Kier alpha value is -2.08. The van der Waals surface area contributed by atoms with Gasteiger partial charge in [-0.1, -0.05) is 18.9 Å². The molecule has 2 fully saturated rings. The number of aryl methyl sites for hydroxylation is 2. The van der Waals surface area contributed by atoms with Crippen LogP contribution in [0.25, 0.3) is 11.0 Å². The van der Waals surface area contributed by atoms with Crippen molar-refractivity contribution in [3.8, 4) is 0 Å². The van der Waals surface area contributed by atoms with Gasteiger partial charge in [-0.05, 0) is 50.8 Å². The predicted octanol–water partition coefficient (Wildman–Crippen LogP) is 3.37. The number of amides is 1. The number of nitrogens with zero attached hydrogens (tertiary/aromatic N) is 2. The van der Waals surface area contributed by atoms with Gasteiger partial charge in [-0.15, -0.1) is 0 Å². The number of ether oxygens (including phenoxy) is 1. The molecule has 4 atom stereocenters. The van der Waals surface area contributed by atoms with E-state index >= 15 is 0 Å². The topological polar surface area (TPSA) is 65.3 Å². The molecule has 2 aliphatic rings. The number of carbonyl (C=O) groups is 1. The number of carbonyl (C=O) groups excluding carboxylic acids is 1. The molecule has 0 spiro atoms. The number of aromatic nitrogens is 2. The Balaban J connectivity index is 1.70. The Kier molecular flexibility index (Phi) is 5.32. The summed E-state index contributed by atoms with van der Waals surface area (Å²) in [6.07, 6.45) is 5.53. The van der Waals surface area contributed by atoms with Crippen molar-refractivity contribution in [2.75, 3.05) is 0 Å². The summed E-state index contributed by atoms with van der Waals surface area (Å²) in [5, 5.41) is 3.18. The van der Waals surface area contributed by atoms with E-state index < -0.39 is 0 Å².